The van der Waals surface area contributed by atoms with Crippen LogP contribution >= 0.6 is 0 Å². The second-order valence-corrected chi connectivity index (χ2v) is 5.92. The monoisotopic (exact) mass is 326 g/mol. The lowest BCUT2D eigenvalue weighted by molar-refractivity contribution is 0.191. The number of aromatic nitrogens is 3. The molecular formula is C18H22N4O2. The second kappa shape index (κ2) is 6.49. The maximum Gasteiger partial charge on any atom is 0.160 e. The van der Waals surface area contributed by atoms with Gasteiger partial charge in [-0.25, -0.2) is 4.98 Å². The van der Waals surface area contributed by atoms with E-state index in [1.165, 1.54) is 0 Å². The second-order valence-electron chi connectivity index (χ2n) is 5.92. The predicted octanol–water partition coefficient (Wildman–Crippen LogP) is 2.76. The largest absolute Gasteiger partial charge is 0.508 e. The van der Waals surface area contributed by atoms with Crippen LogP contribution in [0.4, 0.5) is 5.82 Å². The molecule has 24 heavy (non-hydrogen) atoms. The number of aliphatic hydroxyl groups excluding tert-OH is 1. The fourth-order valence-electron chi connectivity index (χ4n) is 2.60. The van der Waals surface area contributed by atoms with Crippen molar-refractivity contribution in [2.24, 2.45) is 0 Å². The molecule has 0 unspecified atom stereocenters. The standard InChI is InChI=1S/C18H22N4O2/c1-4-14-9-17(22-18(20-14)11(2)12(3)21-22)19-10-16(24)13-5-7-15(23)8-6-13/h5-9,16,19,23-24H,4,10H2,1-3H3/t16-/m0/s1. The van der Waals surface area contributed by atoms with Crippen LogP contribution in [0.25, 0.3) is 5.65 Å². The summed E-state index contributed by atoms with van der Waals surface area (Å²) in [5.41, 5.74) is 4.57. The summed E-state index contributed by atoms with van der Waals surface area (Å²) in [6.45, 7) is 6.38. The first kappa shape index (κ1) is 16.3. The van der Waals surface area contributed by atoms with Crippen molar-refractivity contribution in [3.63, 3.8) is 0 Å². The fourth-order valence-corrected chi connectivity index (χ4v) is 2.60. The number of hydrogen-bond acceptors (Lipinski definition) is 5. The van der Waals surface area contributed by atoms with Crippen molar-refractivity contribution in [1.29, 1.82) is 0 Å². The Morgan fingerprint density at radius 2 is 1.92 bits per heavy atom. The quantitative estimate of drug-likeness (QED) is 0.671. The zero-order valence-corrected chi connectivity index (χ0v) is 14.1. The average Bonchev–Trinajstić information content (AvgIpc) is 2.88. The molecule has 0 bridgehead atoms. The van der Waals surface area contributed by atoms with Crippen LogP contribution in [0.3, 0.4) is 0 Å². The maximum atomic E-state index is 10.3. The summed E-state index contributed by atoms with van der Waals surface area (Å²) in [5, 5.41) is 27.5. The number of anilines is 1. The van der Waals surface area contributed by atoms with E-state index >= 15 is 0 Å². The first-order chi connectivity index (χ1) is 11.5. The highest BCUT2D eigenvalue weighted by molar-refractivity contribution is 5.56. The molecule has 1 aromatic carbocycles. The van der Waals surface area contributed by atoms with Crippen LogP contribution in [0.15, 0.2) is 30.3 Å². The number of phenolic OH excluding ortho intramolecular Hbond substituents is 1. The van der Waals surface area contributed by atoms with Crippen LogP contribution in [-0.2, 0) is 6.42 Å². The van der Waals surface area contributed by atoms with Crippen LogP contribution in [-0.4, -0.2) is 31.4 Å². The Bertz CT molecular complexity index is 856. The molecule has 0 saturated heterocycles. The maximum absolute atomic E-state index is 10.3. The SMILES string of the molecule is CCc1cc(NC[C@H](O)c2ccc(O)cc2)n2nc(C)c(C)c2n1. The minimum absolute atomic E-state index is 0.185. The molecule has 0 aliphatic rings. The van der Waals surface area contributed by atoms with Crippen LogP contribution in [0.5, 0.6) is 5.75 Å². The van der Waals surface area contributed by atoms with Gasteiger partial charge in [-0.15, -0.1) is 0 Å². The smallest absolute Gasteiger partial charge is 0.160 e. The number of aryl methyl sites for hydroxylation is 3. The van der Waals surface area contributed by atoms with Crippen molar-refractivity contribution in [3.05, 3.63) is 52.8 Å². The van der Waals surface area contributed by atoms with E-state index in [1.54, 1.807) is 28.8 Å². The summed E-state index contributed by atoms with van der Waals surface area (Å²) in [7, 11) is 0. The van der Waals surface area contributed by atoms with E-state index in [9.17, 15) is 10.2 Å². The van der Waals surface area contributed by atoms with Crippen molar-refractivity contribution in [3.8, 4) is 5.75 Å². The van der Waals surface area contributed by atoms with Crippen LogP contribution in [0.2, 0.25) is 0 Å². The molecule has 3 N–H and O–H groups in total. The van der Waals surface area contributed by atoms with Crippen molar-refractivity contribution < 1.29 is 10.2 Å². The van der Waals surface area contributed by atoms with E-state index in [4.69, 9.17) is 0 Å². The highest BCUT2D eigenvalue weighted by Crippen LogP contribution is 2.21. The number of rotatable bonds is 5. The lowest BCUT2D eigenvalue weighted by Gasteiger charge is -2.15. The number of fused-ring (bicyclic) bond motifs is 1. The number of nitrogens with zero attached hydrogens (tertiary/aromatic N) is 3. The zero-order valence-electron chi connectivity index (χ0n) is 14.1. The molecule has 2 heterocycles. The lowest BCUT2D eigenvalue weighted by Crippen LogP contribution is -2.15. The van der Waals surface area contributed by atoms with Crippen LogP contribution < -0.4 is 5.32 Å². The topological polar surface area (TPSA) is 82.7 Å². The molecule has 0 saturated carbocycles. The summed E-state index contributed by atoms with van der Waals surface area (Å²) in [6.07, 6.45) is 0.145. The summed E-state index contributed by atoms with van der Waals surface area (Å²) < 4.78 is 1.79. The Morgan fingerprint density at radius 3 is 2.58 bits per heavy atom. The first-order valence-corrected chi connectivity index (χ1v) is 8.06. The number of benzene rings is 1. The molecule has 0 spiro atoms. The zero-order chi connectivity index (χ0) is 17.3. The number of aliphatic hydroxyl groups is 1. The van der Waals surface area contributed by atoms with Gasteiger partial charge in [0.2, 0.25) is 0 Å². The third-order valence-corrected chi connectivity index (χ3v) is 4.23. The Balaban J connectivity index is 1.86. The minimum atomic E-state index is -0.684. The van der Waals surface area contributed by atoms with Crippen molar-refractivity contribution in [1.82, 2.24) is 14.6 Å². The van der Waals surface area contributed by atoms with Crippen LogP contribution in [0, 0.1) is 13.8 Å². The molecule has 6 heteroatoms. The molecule has 0 aliphatic carbocycles. The van der Waals surface area contributed by atoms with Gasteiger partial charge in [-0.3, -0.25) is 0 Å². The third-order valence-electron chi connectivity index (χ3n) is 4.23. The van der Waals surface area contributed by atoms with Crippen molar-refractivity contribution in [2.75, 3.05) is 11.9 Å². The van der Waals surface area contributed by atoms with Crippen molar-refractivity contribution >= 4 is 11.5 Å². The predicted molar refractivity (Wildman–Crippen MR) is 93.4 cm³/mol. The normalized spacial score (nSPS) is 12.5. The molecule has 0 aliphatic heterocycles. The lowest BCUT2D eigenvalue weighted by atomic mass is 10.1. The Kier molecular flexibility index (Phi) is 4.40. The van der Waals surface area contributed by atoms with Gasteiger partial charge in [-0.05, 0) is 38.0 Å². The van der Waals surface area contributed by atoms with E-state index in [2.05, 4.69) is 22.3 Å². The molecule has 3 aromatic rings. The summed E-state index contributed by atoms with van der Waals surface area (Å²) in [5.74, 6) is 0.996. The molecule has 2 aromatic heterocycles. The number of nitrogens with one attached hydrogen (secondary N) is 1. The van der Waals surface area contributed by atoms with Gasteiger partial charge in [0.15, 0.2) is 5.65 Å². The van der Waals surface area contributed by atoms with E-state index in [0.29, 0.717) is 6.54 Å². The van der Waals surface area contributed by atoms with Gasteiger partial charge in [0.05, 0.1) is 11.8 Å². The van der Waals surface area contributed by atoms with E-state index in [1.807, 2.05) is 19.9 Å². The summed E-state index contributed by atoms with van der Waals surface area (Å²) in [6, 6.07) is 8.52. The molecule has 0 fully saturated rings. The average molecular weight is 326 g/mol. The van der Waals surface area contributed by atoms with E-state index in [-0.39, 0.29) is 5.75 Å². The van der Waals surface area contributed by atoms with E-state index < -0.39 is 6.10 Å². The van der Waals surface area contributed by atoms with Crippen LogP contribution in [0.1, 0.15) is 35.5 Å². The van der Waals surface area contributed by atoms with Gasteiger partial charge >= 0.3 is 0 Å². The number of phenols is 1. The molecule has 126 valence electrons. The van der Waals surface area contributed by atoms with Gasteiger partial charge in [-0.1, -0.05) is 19.1 Å². The number of aromatic hydroxyl groups is 1. The van der Waals surface area contributed by atoms with Crippen molar-refractivity contribution in [2.45, 2.75) is 33.3 Å². The van der Waals surface area contributed by atoms with Gasteiger partial charge in [0.1, 0.15) is 11.6 Å². The fraction of sp³-hybridized carbons (Fsp3) is 0.333. The van der Waals surface area contributed by atoms with E-state index in [0.717, 1.165) is 40.4 Å². The Labute approximate surface area is 140 Å². The molecule has 0 amide bonds. The van der Waals surface area contributed by atoms with Gasteiger partial charge < -0.3 is 15.5 Å². The van der Waals surface area contributed by atoms with Gasteiger partial charge in [0, 0.05) is 23.9 Å². The number of hydrogen-bond donors (Lipinski definition) is 3. The molecule has 3 rings (SSSR count). The summed E-state index contributed by atoms with van der Waals surface area (Å²) >= 11 is 0. The summed E-state index contributed by atoms with van der Waals surface area (Å²) in [4.78, 5) is 4.64. The molecule has 0 radical (unpaired) electrons. The molecule has 1 atom stereocenters. The van der Waals surface area contributed by atoms with Gasteiger partial charge in [-0.2, -0.15) is 9.61 Å². The Morgan fingerprint density at radius 1 is 1.21 bits per heavy atom. The first-order valence-electron chi connectivity index (χ1n) is 8.06. The third kappa shape index (κ3) is 3.05. The molecular weight excluding hydrogens is 304 g/mol. The highest BCUT2D eigenvalue weighted by atomic mass is 16.3. The van der Waals surface area contributed by atoms with Gasteiger partial charge in [0.25, 0.3) is 0 Å². The highest BCUT2D eigenvalue weighted by Gasteiger charge is 2.13. The Hall–Kier alpha value is -2.60. The minimum Gasteiger partial charge on any atom is -0.508 e. The molecule has 6 nitrogen and oxygen atoms in total.